The van der Waals surface area contributed by atoms with E-state index in [1.54, 1.807) is 36.4 Å². The second kappa shape index (κ2) is 9.10. The molecule has 3 rings (SSSR count). The van der Waals surface area contributed by atoms with Gasteiger partial charge in [-0.15, -0.1) is 0 Å². The van der Waals surface area contributed by atoms with Gasteiger partial charge in [0.2, 0.25) is 0 Å². The molecular weight excluding hydrogens is 362 g/mol. The van der Waals surface area contributed by atoms with E-state index in [0.717, 1.165) is 11.3 Å². The molecule has 3 aromatic carbocycles. The summed E-state index contributed by atoms with van der Waals surface area (Å²) in [6, 6.07) is 22.0. The van der Waals surface area contributed by atoms with E-state index in [9.17, 15) is 4.79 Å². The Hall–Kier alpha value is -2.98. The van der Waals surface area contributed by atoms with Crippen LogP contribution in [0.5, 0.6) is 11.5 Å². The highest BCUT2D eigenvalue weighted by Gasteiger charge is 2.09. The molecule has 0 unspecified atom stereocenters. The van der Waals surface area contributed by atoms with Gasteiger partial charge in [0.15, 0.2) is 0 Å². The minimum absolute atomic E-state index is 0.195. The third kappa shape index (κ3) is 5.25. The zero-order valence-corrected chi connectivity index (χ0v) is 15.7. The largest absolute Gasteiger partial charge is 0.490 e. The molecule has 3 aromatic rings. The van der Waals surface area contributed by atoms with E-state index in [4.69, 9.17) is 21.1 Å². The molecule has 0 fully saturated rings. The Morgan fingerprint density at radius 3 is 2.15 bits per heavy atom. The number of nitrogens with one attached hydrogen (secondary N) is 1. The van der Waals surface area contributed by atoms with Gasteiger partial charge in [0.1, 0.15) is 24.7 Å². The molecule has 0 bridgehead atoms. The first kappa shape index (κ1) is 18.8. The van der Waals surface area contributed by atoms with Crippen LogP contribution in [0.2, 0.25) is 5.02 Å². The molecule has 0 radical (unpaired) electrons. The van der Waals surface area contributed by atoms with Gasteiger partial charge < -0.3 is 14.8 Å². The zero-order chi connectivity index (χ0) is 19.1. The first-order chi connectivity index (χ1) is 13.1. The molecule has 0 aliphatic heterocycles. The smallest absolute Gasteiger partial charge is 0.255 e. The van der Waals surface area contributed by atoms with E-state index in [1.165, 1.54) is 0 Å². The molecule has 5 heteroatoms. The molecule has 0 heterocycles. The normalized spacial score (nSPS) is 10.3. The van der Waals surface area contributed by atoms with Gasteiger partial charge in [-0.3, -0.25) is 4.79 Å². The van der Waals surface area contributed by atoms with Crippen molar-refractivity contribution in [2.45, 2.75) is 6.92 Å². The standard InChI is InChI=1S/C22H20ClNO3/c1-16-20(23)8-5-9-21(16)24-22(25)17-10-12-19(13-11-17)27-15-14-26-18-6-3-2-4-7-18/h2-13H,14-15H2,1H3,(H,24,25). The second-order valence-corrected chi connectivity index (χ2v) is 6.31. The van der Waals surface area contributed by atoms with E-state index < -0.39 is 0 Å². The molecule has 4 nitrogen and oxygen atoms in total. The number of benzene rings is 3. The van der Waals surface area contributed by atoms with Gasteiger partial charge in [0.25, 0.3) is 5.91 Å². The van der Waals surface area contributed by atoms with Gasteiger partial charge in [0, 0.05) is 16.3 Å². The highest BCUT2D eigenvalue weighted by molar-refractivity contribution is 6.31. The number of anilines is 1. The molecule has 138 valence electrons. The summed E-state index contributed by atoms with van der Waals surface area (Å²) in [5.74, 6) is 1.30. The van der Waals surface area contributed by atoms with Crippen LogP contribution >= 0.6 is 11.6 Å². The van der Waals surface area contributed by atoms with E-state index >= 15 is 0 Å². The van der Waals surface area contributed by atoms with E-state index in [0.29, 0.717) is 35.2 Å². The molecule has 0 aromatic heterocycles. The molecule has 27 heavy (non-hydrogen) atoms. The fourth-order valence-electron chi connectivity index (χ4n) is 2.48. The lowest BCUT2D eigenvalue weighted by Gasteiger charge is -2.11. The molecular formula is C22H20ClNO3. The second-order valence-electron chi connectivity index (χ2n) is 5.90. The molecule has 0 saturated carbocycles. The van der Waals surface area contributed by atoms with Crippen molar-refractivity contribution in [1.82, 2.24) is 0 Å². The van der Waals surface area contributed by atoms with Gasteiger partial charge in [-0.05, 0) is 61.0 Å². The number of carbonyl (C=O) groups is 1. The van der Waals surface area contributed by atoms with Crippen LogP contribution in [0.15, 0.2) is 72.8 Å². The lowest BCUT2D eigenvalue weighted by molar-refractivity contribution is 0.102. The van der Waals surface area contributed by atoms with Crippen LogP contribution < -0.4 is 14.8 Å². The van der Waals surface area contributed by atoms with Crippen molar-refractivity contribution in [2.24, 2.45) is 0 Å². The monoisotopic (exact) mass is 381 g/mol. The van der Waals surface area contributed by atoms with E-state index in [2.05, 4.69) is 5.32 Å². The van der Waals surface area contributed by atoms with Crippen molar-refractivity contribution in [3.05, 3.63) is 88.9 Å². The van der Waals surface area contributed by atoms with Crippen molar-refractivity contribution >= 4 is 23.2 Å². The summed E-state index contributed by atoms with van der Waals surface area (Å²) < 4.78 is 11.2. The highest BCUT2D eigenvalue weighted by atomic mass is 35.5. The van der Waals surface area contributed by atoms with Crippen LogP contribution in [0, 0.1) is 6.92 Å². The number of hydrogen-bond donors (Lipinski definition) is 1. The fourth-order valence-corrected chi connectivity index (χ4v) is 2.65. The maximum atomic E-state index is 12.4. The maximum Gasteiger partial charge on any atom is 0.255 e. The van der Waals surface area contributed by atoms with E-state index in [-0.39, 0.29) is 5.91 Å². The summed E-state index contributed by atoms with van der Waals surface area (Å²) in [5.41, 5.74) is 2.08. The summed E-state index contributed by atoms with van der Waals surface area (Å²) in [4.78, 5) is 12.4. The molecule has 1 N–H and O–H groups in total. The average molecular weight is 382 g/mol. The van der Waals surface area contributed by atoms with Crippen molar-refractivity contribution in [1.29, 1.82) is 0 Å². The van der Waals surface area contributed by atoms with Gasteiger partial charge in [-0.1, -0.05) is 35.9 Å². The summed E-state index contributed by atoms with van der Waals surface area (Å²) in [5, 5.41) is 3.49. The number of amides is 1. The van der Waals surface area contributed by atoms with Crippen molar-refractivity contribution < 1.29 is 14.3 Å². The highest BCUT2D eigenvalue weighted by Crippen LogP contribution is 2.23. The van der Waals surface area contributed by atoms with Crippen molar-refractivity contribution in [3.8, 4) is 11.5 Å². The lowest BCUT2D eigenvalue weighted by Crippen LogP contribution is -2.13. The minimum atomic E-state index is -0.195. The first-order valence-corrected chi connectivity index (χ1v) is 8.98. The predicted octanol–water partition coefficient (Wildman–Crippen LogP) is 5.36. The minimum Gasteiger partial charge on any atom is -0.490 e. The third-order valence-electron chi connectivity index (χ3n) is 4.00. The summed E-state index contributed by atoms with van der Waals surface area (Å²) in [6.45, 7) is 2.73. The molecule has 1 amide bonds. The van der Waals surface area contributed by atoms with E-state index in [1.807, 2.05) is 43.3 Å². The lowest BCUT2D eigenvalue weighted by atomic mass is 10.1. The Labute approximate surface area is 163 Å². The summed E-state index contributed by atoms with van der Waals surface area (Å²) in [6.07, 6.45) is 0. The van der Waals surface area contributed by atoms with Crippen LogP contribution in [-0.2, 0) is 0 Å². The number of carbonyl (C=O) groups excluding carboxylic acids is 1. The van der Waals surface area contributed by atoms with Crippen LogP contribution in [0.3, 0.4) is 0 Å². The number of halogens is 1. The van der Waals surface area contributed by atoms with Crippen molar-refractivity contribution in [2.75, 3.05) is 18.5 Å². The van der Waals surface area contributed by atoms with Gasteiger partial charge in [-0.2, -0.15) is 0 Å². The quantitative estimate of drug-likeness (QED) is 0.560. The molecule has 0 spiro atoms. The average Bonchev–Trinajstić information content (AvgIpc) is 2.70. The SMILES string of the molecule is Cc1c(Cl)cccc1NC(=O)c1ccc(OCCOc2ccccc2)cc1. The van der Waals surface area contributed by atoms with Crippen LogP contribution in [0.25, 0.3) is 0 Å². The number of hydrogen-bond acceptors (Lipinski definition) is 3. The molecule has 0 atom stereocenters. The van der Waals surface area contributed by atoms with Crippen LogP contribution in [0.4, 0.5) is 5.69 Å². The van der Waals surface area contributed by atoms with Crippen LogP contribution in [0.1, 0.15) is 15.9 Å². The number of ether oxygens (including phenoxy) is 2. The topological polar surface area (TPSA) is 47.6 Å². The van der Waals surface area contributed by atoms with Crippen LogP contribution in [-0.4, -0.2) is 19.1 Å². The van der Waals surface area contributed by atoms with Gasteiger partial charge in [0.05, 0.1) is 0 Å². The zero-order valence-electron chi connectivity index (χ0n) is 14.9. The first-order valence-electron chi connectivity index (χ1n) is 8.60. The Morgan fingerprint density at radius 2 is 1.48 bits per heavy atom. The molecule has 0 aliphatic carbocycles. The number of para-hydroxylation sites is 1. The molecule has 0 saturated heterocycles. The summed E-state index contributed by atoms with van der Waals surface area (Å²) in [7, 11) is 0. The number of rotatable bonds is 7. The molecule has 0 aliphatic rings. The fraction of sp³-hybridized carbons (Fsp3) is 0.136. The Balaban J connectivity index is 1.50. The maximum absolute atomic E-state index is 12.4. The Morgan fingerprint density at radius 1 is 0.852 bits per heavy atom. The summed E-state index contributed by atoms with van der Waals surface area (Å²) >= 11 is 6.09. The predicted molar refractivity (Wildman–Crippen MR) is 108 cm³/mol. The Kier molecular flexibility index (Phi) is 6.34. The third-order valence-corrected chi connectivity index (χ3v) is 4.41. The van der Waals surface area contributed by atoms with Crippen molar-refractivity contribution in [3.63, 3.8) is 0 Å². The van der Waals surface area contributed by atoms with Gasteiger partial charge >= 0.3 is 0 Å². The van der Waals surface area contributed by atoms with Gasteiger partial charge in [-0.25, -0.2) is 0 Å². The Bertz CT molecular complexity index is 895.